The molecule has 162 valence electrons. The van der Waals surface area contributed by atoms with Gasteiger partial charge in [-0.1, -0.05) is 50.8 Å². The van der Waals surface area contributed by atoms with Crippen LogP contribution in [0, 0.1) is 29.4 Å². The van der Waals surface area contributed by atoms with Crippen LogP contribution in [-0.4, -0.2) is 0 Å². The number of rotatable bonds is 7. The molecule has 0 N–H and O–H groups in total. The molecule has 2 saturated carbocycles. The molecule has 2 aliphatic carbocycles. The van der Waals surface area contributed by atoms with E-state index in [-0.39, 0.29) is 17.6 Å². The predicted molar refractivity (Wildman–Crippen MR) is 123 cm³/mol. The molecular weight excluding hydrogens is 374 g/mol. The predicted octanol–water partition coefficient (Wildman–Crippen LogP) is 8.73. The quantitative estimate of drug-likeness (QED) is 0.400. The van der Waals surface area contributed by atoms with Gasteiger partial charge in [-0.05, 0) is 97.3 Å². The summed E-state index contributed by atoms with van der Waals surface area (Å²) in [6.45, 7) is 5.99. The third-order valence-corrected chi connectivity index (χ3v) is 7.90. The first kappa shape index (κ1) is 21.5. The summed E-state index contributed by atoms with van der Waals surface area (Å²) in [5.41, 5.74) is 1.46. The van der Waals surface area contributed by atoms with Gasteiger partial charge in [0.05, 0.1) is 0 Å². The van der Waals surface area contributed by atoms with Gasteiger partial charge in [0.15, 0.2) is 0 Å². The highest BCUT2D eigenvalue weighted by atomic mass is 19.1. The summed E-state index contributed by atoms with van der Waals surface area (Å²) in [5.74, 6) is 2.29. The van der Waals surface area contributed by atoms with Crippen LogP contribution in [0.2, 0.25) is 0 Å². The van der Waals surface area contributed by atoms with Crippen molar-refractivity contribution in [2.24, 2.45) is 17.8 Å². The zero-order chi connectivity index (χ0) is 21.1. The topological polar surface area (TPSA) is 0 Å². The second-order valence-corrected chi connectivity index (χ2v) is 9.81. The van der Waals surface area contributed by atoms with E-state index in [0.29, 0.717) is 17.4 Å². The molecular formula is C28H36F2. The SMILES string of the molecule is C=CCCc1ccc2cc(C3CCC4CC(CCCC)CCC4C3)c(F)cc2c1F. The minimum Gasteiger partial charge on any atom is -0.207 e. The lowest BCUT2D eigenvalue weighted by Crippen LogP contribution is -2.30. The molecule has 2 aromatic rings. The summed E-state index contributed by atoms with van der Waals surface area (Å²) < 4.78 is 30.0. The summed E-state index contributed by atoms with van der Waals surface area (Å²) in [7, 11) is 0. The molecule has 0 saturated heterocycles. The molecule has 0 nitrogen and oxygen atoms in total. The van der Waals surface area contributed by atoms with Gasteiger partial charge >= 0.3 is 0 Å². The molecule has 0 spiro atoms. The molecule has 4 rings (SSSR count). The normalized spacial score (nSPS) is 26.5. The fourth-order valence-electron chi connectivity index (χ4n) is 6.16. The van der Waals surface area contributed by atoms with Crippen LogP contribution >= 0.6 is 0 Å². The van der Waals surface area contributed by atoms with E-state index in [2.05, 4.69) is 13.5 Å². The Labute approximate surface area is 180 Å². The molecule has 4 unspecified atom stereocenters. The van der Waals surface area contributed by atoms with E-state index in [1.165, 1.54) is 51.0 Å². The Morgan fingerprint density at radius 3 is 2.63 bits per heavy atom. The first-order valence-electron chi connectivity index (χ1n) is 12.1. The Bertz CT molecular complexity index is 884. The van der Waals surface area contributed by atoms with Gasteiger partial charge in [0.25, 0.3) is 0 Å². The number of fused-ring (bicyclic) bond motifs is 2. The maximum Gasteiger partial charge on any atom is 0.134 e. The van der Waals surface area contributed by atoms with Gasteiger partial charge < -0.3 is 0 Å². The van der Waals surface area contributed by atoms with Crippen LogP contribution in [0.1, 0.15) is 88.2 Å². The van der Waals surface area contributed by atoms with E-state index in [4.69, 9.17) is 0 Å². The van der Waals surface area contributed by atoms with Crippen molar-refractivity contribution in [3.05, 3.63) is 59.7 Å². The number of hydrogen-bond donors (Lipinski definition) is 0. The maximum atomic E-state index is 15.1. The van der Waals surface area contributed by atoms with Crippen molar-refractivity contribution in [3.63, 3.8) is 0 Å². The van der Waals surface area contributed by atoms with Crippen molar-refractivity contribution in [1.29, 1.82) is 0 Å². The third-order valence-electron chi connectivity index (χ3n) is 7.90. The second kappa shape index (κ2) is 9.62. The highest BCUT2D eigenvalue weighted by Crippen LogP contribution is 2.49. The molecule has 4 atom stereocenters. The summed E-state index contributed by atoms with van der Waals surface area (Å²) in [6, 6.07) is 7.20. The van der Waals surface area contributed by atoms with Crippen LogP contribution in [0.25, 0.3) is 10.8 Å². The van der Waals surface area contributed by atoms with Crippen LogP contribution in [0.5, 0.6) is 0 Å². The fourth-order valence-corrected chi connectivity index (χ4v) is 6.16. The van der Waals surface area contributed by atoms with E-state index in [9.17, 15) is 4.39 Å². The Morgan fingerprint density at radius 1 is 1.03 bits per heavy atom. The molecule has 30 heavy (non-hydrogen) atoms. The second-order valence-electron chi connectivity index (χ2n) is 9.81. The molecule has 0 bridgehead atoms. The van der Waals surface area contributed by atoms with Crippen LogP contribution in [-0.2, 0) is 6.42 Å². The van der Waals surface area contributed by atoms with Crippen molar-refractivity contribution >= 4 is 10.8 Å². The average molecular weight is 411 g/mol. The van der Waals surface area contributed by atoms with Gasteiger partial charge in [0.1, 0.15) is 11.6 Å². The largest absolute Gasteiger partial charge is 0.207 e. The van der Waals surface area contributed by atoms with Crippen molar-refractivity contribution in [1.82, 2.24) is 0 Å². The lowest BCUT2D eigenvalue weighted by molar-refractivity contribution is 0.112. The lowest BCUT2D eigenvalue weighted by Gasteiger charge is -2.42. The lowest BCUT2D eigenvalue weighted by atomic mass is 9.63. The van der Waals surface area contributed by atoms with E-state index < -0.39 is 0 Å². The fraction of sp³-hybridized carbons (Fsp3) is 0.571. The standard InChI is InChI=1S/C28H36F2/c1-3-5-7-19-9-10-22-16-23(14-12-21(22)15-19)25-17-24-13-11-20(8-6-4-2)28(30)26(24)18-27(25)29/h4,11,13,17-19,21-23H,2-3,5-10,12,14-16H2,1H3. The number of halogens is 2. The number of benzene rings is 2. The first-order chi connectivity index (χ1) is 14.6. The van der Waals surface area contributed by atoms with Gasteiger partial charge in [-0.3, -0.25) is 0 Å². The minimum atomic E-state index is -0.270. The van der Waals surface area contributed by atoms with E-state index in [1.54, 1.807) is 6.08 Å². The highest BCUT2D eigenvalue weighted by Gasteiger charge is 2.36. The molecule has 2 aromatic carbocycles. The first-order valence-corrected chi connectivity index (χ1v) is 12.1. The molecule has 0 aliphatic heterocycles. The molecule has 2 aliphatic rings. The Hall–Kier alpha value is -1.70. The number of hydrogen-bond acceptors (Lipinski definition) is 0. The Balaban J connectivity index is 1.50. The molecule has 0 amide bonds. The number of aryl methyl sites for hydroxylation is 1. The maximum absolute atomic E-state index is 15.1. The smallest absolute Gasteiger partial charge is 0.134 e. The summed E-state index contributed by atoms with van der Waals surface area (Å²) in [4.78, 5) is 0. The monoisotopic (exact) mass is 410 g/mol. The third kappa shape index (κ3) is 4.48. The van der Waals surface area contributed by atoms with Gasteiger partial charge in [-0.25, -0.2) is 8.78 Å². The Morgan fingerprint density at radius 2 is 1.83 bits per heavy atom. The van der Waals surface area contributed by atoms with E-state index >= 15 is 4.39 Å². The zero-order valence-electron chi connectivity index (χ0n) is 18.4. The molecule has 0 radical (unpaired) electrons. The van der Waals surface area contributed by atoms with Gasteiger partial charge in [0.2, 0.25) is 0 Å². The van der Waals surface area contributed by atoms with Crippen molar-refractivity contribution in [3.8, 4) is 0 Å². The number of allylic oxidation sites excluding steroid dienone is 1. The van der Waals surface area contributed by atoms with Crippen LogP contribution < -0.4 is 0 Å². The molecule has 0 heterocycles. The summed E-state index contributed by atoms with van der Waals surface area (Å²) >= 11 is 0. The van der Waals surface area contributed by atoms with Crippen molar-refractivity contribution < 1.29 is 8.78 Å². The van der Waals surface area contributed by atoms with Crippen LogP contribution in [0.4, 0.5) is 8.78 Å². The van der Waals surface area contributed by atoms with Crippen molar-refractivity contribution in [2.75, 3.05) is 0 Å². The van der Waals surface area contributed by atoms with Gasteiger partial charge in [-0.15, -0.1) is 6.58 Å². The van der Waals surface area contributed by atoms with E-state index in [1.807, 2.05) is 18.2 Å². The molecule has 0 aromatic heterocycles. The minimum absolute atomic E-state index is 0.220. The van der Waals surface area contributed by atoms with Crippen LogP contribution in [0.15, 0.2) is 36.9 Å². The number of unbranched alkanes of at least 4 members (excludes halogenated alkanes) is 1. The van der Waals surface area contributed by atoms with Gasteiger partial charge in [0, 0.05) is 5.39 Å². The molecule has 2 fully saturated rings. The zero-order valence-corrected chi connectivity index (χ0v) is 18.4. The molecule has 2 heteroatoms. The van der Waals surface area contributed by atoms with Gasteiger partial charge in [-0.2, -0.15) is 0 Å². The van der Waals surface area contributed by atoms with E-state index in [0.717, 1.165) is 48.0 Å². The Kier molecular flexibility index (Phi) is 6.91. The highest BCUT2D eigenvalue weighted by molar-refractivity contribution is 5.85. The summed E-state index contributed by atoms with van der Waals surface area (Å²) in [6.07, 6.45) is 14.6. The van der Waals surface area contributed by atoms with Crippen molar-refractivity contribution in [2.45, 2.75) is 83.5 Å². The summed E-state index contributed by atoms with van der Waals surface area (Å²) in [5, 5.41) is 1.25. The average Bonchev–Trinajstić information content (AvgIpc) is 2.77. The van der Waals surface area contributed by atoms with Crippen LogP contribution in [0.3, 0.4) is 0 Å².